The number of likely N-dealkylation sites (tertiary alicyclic amines) is 1. The molecule has 1 unspecified atom stereocenters. The molecular weight excluding hydrogens is 404 g/mol. The molecule has 156 valence electrons. The van der Waals surface area contributed by atoms with Crippen molar-refractivity contribution < 1.29 is 4.79 Å². The molecule has 7 heteroatoms. The number of rotatable bonds is 8. The lowest BCUT2D eigenvalue weighted by Gasteiger charge is -2.28. The minimum absolute atomic E-state index is 0.0592. The Bertz CT molecular complexity index is 831. The summed E-state index contributed by atoms with van der Waals surface area (Å²) < 4.78 is 0. The lowest BCUT2D eigenvalue weighted by molar-refractivity contribution is -0.121. The first-order chi connectivity index (χ1) is 14.0. The van der Waals surface area contributed by atoms with Gasteiger partial charge in [-0.3, -0.25) is 9.69 Å². The largest absolute Gasteiger partial charge is 0.354 e. The summed E-state index contributed by atoms with van der Waals surface area (Å²) in [6, 6.07) is 8.13. The third-order valence-corrected chi connectivity index (χ3v) is 6.28. The van der Waals surface area contributed by atoms with Gasteiger partial charge in [0, 0.05) is 29.4 Å². The number of aryl methyl sites for hydroxylation is 2. The summed E-state index contributed by atoms with van der Waals surface area (Å²) >= 11 is 7.74. The predicted molar refractivity (Wildman–Crippen MR) is 120 cm³/mol. The molecule has 1 atom stereocenters. The van der Waals surface area contributed by atoms with Gasteiger partial charge < -0.3 is 5.32 Å². The van der Waals surface area contributed by atoms with Crippen LogP contribution < -0.4 is 5.32 Å². The summed E-state index contributed by atoms with van der Waals surface area (Å²) in [6.45, 7) is 6.70. The van der Waals surface area contributed by atoms with Gasteiger partial charge in [0.25, 0.3) is 0 Å². The quantitative estimate of drug-likeness (QED) is 0.496. The number of thioether (sulfide) groups is 1. The lowest BCUT2D eigenvalue weighted by Crippen LogP contribution is -2.36. The number of nitrogens with one attached hydrogen (secondary N) is 1. The number of carbonyl (C=O) groups excluding carboxylic acids is 1. The molecule has 29 heavy (non-hydrogen) atoms. The van der Waals surface area contributed by atoms with Crippen molar-refractivity contribution in [3.05, 3.63) is 51.8 Å². The molecule has 2 aromatic rings. The Morgan fingerprint density at radius 2 is 1.93 bits per heavy atom. The van der Waals surface area contributed by atoms with Crippen molar-refractivity contribution in [1.29, 1.82) is 0 Å². The van der Waals surface area contributed by atoms with Crippen LogP contribution in [0.25, 0.3) is 0 Å². The Kier molecular flexibility index (Phi) is 7.92. The Labute approximate surface area is 182 Å². The number of nitrogens with zero attached hydrogens (tertiary/aromatic N) is 3. The van der Waals surface area contributed by atoms with E-state index in [1.54, 1.807) is 0 Å². The summed E-state index contributed by atoms with van der Waals surface area (Å²) in [5, 5.41) is 4.66. The number of hydrogen-bond acceptors (Lipinski definition) is 5. The van der Waals surface area contributed by atoms with Crippen LogP contribution in [0.3, 0.4) is 0 Å². The third-order valence-electron chi connectivity index (χ3n) is 5.49. The second-order valence-corrected chi connectivity index (χ2v) is 8.69. The number of halogens is 1. The molecule has 1 saturated heterocycles. The van der Waals surface area contributed by atoms with Gasteiger partial charge >= 0.3 is 0 Å². The van der Waals surface area contributed by atoms with Crippen LogP contribution in [0.5, 0.6) is 0 Å². The van der Waals surface area contributed by atoms with Gasteiger partial charge in [-0.05, 0) is 75.7 Å². The first kappa shape index (κ1) is 22.1. The van der Waals surface area contributed by atoms with Crippen LogP contribution in [0, 0.1) is 13.8 Å². The zero-order valence-corrected chi connectivity index (χ0v) is 18.9. The van der Waals surface area contributed by atoms with E-state index >= 15 is 0 Å². The number of aromatic nitrogens is 2. The highest BCUT2D eigenvalue weighted by atomic mass is 35.5. The number of benzene rings is 1. The molecule has 1 N–H and O–H groups in total. The highest BCUT2D eigenvalue weighted by Crippen LogP contribution is 2.26. The number of carbonyl (C=O) groups is 1. The smallest absolute Gasteiger partial charge is 0.220 e. The monoisotopic (exact) mass is 432 g/mol. The molecule has 1 aromatic heterocycles. The first-order valence-corrected chi connectivity index (χ1v) is 11.7. The predicted octanol–water partition coefficient (Wildman–Crippen LogP) is 4.35. The van der Waals surface area contributed by atoms with Crippen molar-refractivity contribution >= 4 is 29.3 Å². The van der Waals surface area contributed by atoms with Crippen LogP contribution in [0.2, 0.25) is 5.02 Å². The van der Waals surface area contributed by atoms with Crippen LogP contribution in [-0.4, -0.2) is 46.7 Å². The summed E-state index contributed by atoms with van der Waals surface area (Å²) in [6.07, 6.45) is 5.47. The molecule has 1 fully saturated rings. The molecule has 0 radical (unpaired) electrons. The minimum Gasteiger partial charge on any atom is -0.354 e. The van der Waals surface area contributed by atoms with E-state index < -0.39 is 0 Å². The van der Waals surface area contributed by atoms with Gasteiger partial charge in [0.15, 0.2) is 5.16 Å². The van der Waals surface area contributed by atoms with Crippen LogP contribution in [0.15, 0.2) is 29.4 Å². The van der Waals surface area contributed by atoms with Crippen LogP contribution in [0.1, 0.15) is 47.8 Å². The van der Waals surface area contributed by atoms with E-state index in [2.05, 4.69) is 26.3 Å². The van der Waals surface area contributed by atoms with Crippen LogP contribution in [0.4, 0.5) is 0 Å². The molecule has 5 nitrogen and oxygen atoms in total. The summed E-state index contributed by atoms with van der Waals surface area (Å²) in [7, 11) is 0. The minimum atomic E-state index is 0.0592. The topological polar surface area (TPSA) is 58.1 Å². The van der Waals surface area contributed by atoms with Crippen LogP contribution in [-0.2, 0) is 11.2 Å². The standard InChI is InChI=1S/C22H29ClN4OS/c1-15-19(16(2)26-22(25-15)29-3)9-10-21(28)24-14-20(27-11-4-5-12-27)17-7-6-8-18(23)13-17/h6-8,13,20H,4-5,9-12,14H2,1-3H3,(H,24,28). The van der Waals surface area contributed by atoms with Crippen LogP contribution >= 0.6 is 23.4 Å². The molecular formula is C22H29ClN4OS. The maximum Gasteiger partial charge on any atom is 0.220 e. The fraction of sp³-hybridized carbons (Fsp3) is 0.500. The van der Waals surface area contributed by atoms with Gasteiger partial charge in [0.2, 0.25) is 5.91 Å². The van der Waals surface area contributed by atoms with Gasteiger partial charge in [-0.15, -0.1) is 0 Å². The third kappa shape index (κ3) is 5.93. The molecule has 0 spiro atoms. The maximum atomic E-state index is 12.6. The fourth-order valence-corrected chi connectivity index (χ4v) is 4.58. The van der Waals surface area contributed by atoms with E-state index in [4.69, 9.17) is 11.6 Å². The number of hydrogen-bond donors (Lipinski definition) is 1. The van der Waals surface area contributed by atoms with E-state index in [1.165, 1.54) is 24.6 Å². The molecule has 0 aliphatic carbocycles. The molecule has 1 aliphatic rings. The van der Waals surface area contributed by atoms with Gasteiger partial charge in [-0.1, -0.05) is 35.5 Å². The number of amides is 1. The van der Waals surface area contributed by atoms with Crippen molar-refractivity contribution in [2.75, 3.05) is 25.9 Å². The van der Waals surface area contributed by atoms with Crippen molar-refractivity contribution in [1.82, 2.24) is 20.2 Å². The van der Waals surface area contributed by atoms with E-state index in [0.29, 0.717) is 19.4 Å². The second kappa shape index (κ2) is 10.4. The SMILES string of the molecule is CSc1nc(C)c(CCC(=O)NCC(c2cccc(Cl)c2)N2CCCC2)c(C)n1. The second-order valence-electron chi connectivity index (χ2n) is 7.48. The summed E-state index contributed by atoms with van der Waals surface area (Å²) in [5.74, 6) is 0.0592. The van der Waals surface area contributed by atoms with Crippen molar-refractivity contribution in [3.8, 4) is 0 Å². The zero-order chi connectivity index (χ0) is 20.8. The summed E-state index contributed by atoms with van der Waals surface area (Å²) in [5.41, 5.74) is 4.16. The molecule has 0 saturated carbocycles. The fourth-order valence-electron chi connectivity index (χ4n) is 3.92. The Hall–Kier alpha value is -1.63. The highest BCUT2D eigenvalue weighted by Gasteiger charge is 2.24. The average molecular weight is 433 g/mol. The molecule has 3 rings (SSSR count). The highest BCUT2D eigenvalue weighted by molar-refractivity contribution is 7.98. The first-order valence-electron chi connectivity index (χ1n) is 10.1. The average Bonchev–Trinajstić information content (AvgIpc) is 3.22. The molecule has 2 heterocycles. The van der Waals surface area contributed by atoms with Gasteiger partial charge in [-0.25, -0.2) is 9.97 Å². The van der Waals surface area contributed by atoms with Gasteiger partial charge in [0.05, 0.1) is 6.04 Å². The lowest BCUT2D eigenvalue weighted by atomic mass is 10.0. The Morgan fingerprint density at radius 1 is 1.24 bits per heavy atom. The zero-order valence-electron chi connectivity index (χ0n) is 17.4. The molecule has 1 aliphatic heterocycles. The molecule has 1 amide bonds. The maximum absolute atomic E-state index is 12.6. The van der Waals surface area contributed by atoms with E-state index in [9.17, 15) is 4.79 Å². The normalized spacial score (nSPS) is 15.4. The Balaban J connectivity index is 1.60. The van der Waals surface area contributed by atoms with E-state index in [-0.39, 0.29) is 11.9 Å². The molecule has 0 bridgehead atoms. The van der Waals surface area contributed by atoms with E-state index in [1.807, 2.05) is 38.3 Å². The molecule has 1 aromatic carbocycles. The van der Waals surface area contributed by atoms with Crippen molar-refractivity contribution in [3.63, 3.8) is 0 Å². The van der Waals surface area contributed by atoms with Crippen molar-refractivity contribution in [2.45, 2.75) is 50.7 Å². The van der Waals surface area contributed by atoms with E-state index in [0.717, 1.165) is 45.8 Å². The van der Waals surface area contributed by atoms with Gasteiger partial charge in [-0.2, -0.15) is 0 Å². The van der Waals surface area contributed by atoms with Gasteiger partial charge in [0.1, 0.15) is 0 Å². The van der Waals surface area contributed by atoms with Crippen molar-refractivity contribution in [2.24, 2.45) is 0 Å². The Morgan fingerprint density at radius 3 is 2.55 bits per heavy atom. The summed E-state index contributed by atoms with van der Waals surface area (Å²) in [4.78, 5) is 24.0.